The molecule has 1 rings (SSSR count). The van der Waals surface area contributed by atoms with Crippen LogP contribution in [0.1, 0.15) is 13.3 Å². The molecule has 0 fully saturated rings. The SMILES string of the molecule is CCCOc1cccc(NCCOC(N)=O)c1N. The summed E-state index contributed by atoms with van der Waals surface area (Å²) in [5.74, 6) is 0.651. The van der Waals surface area contributed by atoms with Crippen molar-refractivity contribution in [3.05, 3.63) is 18.2 Å². The Kier molecular flexibility index (Phi) is 5.63. The van der Waals surface area contributed by atoms with Gasteiger partial charge in [-0.2, -0.15) is 0 Å². The fraction of sp³-hybridized carbons (Fsp3) is 0.417. The Balaban J connectivity index is 2.52. The standard InChI is InChI=1S/C12H19N3O3/c1-2-7-17-10-5-3-4-9(11(10)13)15-6-8-18-12(14)16/h3-5,15H,2,6-8,13H2,1H3,(H2,14,16). The number of nitrogen functional groups attached to an aromatic ring is 1. The van der Waals surface area contributed by atoms with Crippen LogP contribution >= 0.6 is 0 Å². The molecule has 0 bridgehead atoms. The Labute approximate surface area is 106 Å². The number of carbonyl (C=O) groups excluding carboxylic acids is 1. The number of primary amides is 1. The summed E-state index contributed by atoms with van der Waals surface area (Å²) in [4.78, 5) is 10.4. The Morgan fingerprint density at radius 1 is 1.39 bits per heavy atom. The normalized spacial score (nSPS) is 9.83. The van der Waals surface area contributed by atoms with E-state index in [0.29, 0.717) is 24.6 Å². The molecule has 0 unspecified atom stereocenters. The van der Waals surface area contributed by atoms with Crippen molar-refractivity contribution in [2.75, 3.05) is 30.8 Å². The fourth-order valence-corrected chi connectivity index (χ4v) is 1.37. The van der Waals surface area contributed by atoms with Gasteiger partial charge in [-0.05, 0) is 18.6 Å². The molecular formula is C12H19N3O3. The minimum atomic E-state index is -0.787. The number of nitrogens with one attached hydrogen (secondary N) is 1. The van der Waals surface area contributed by atoms with E-state index in [1.54, 1.807) is 0 Å². The Morgan fingerprint density at radius 3 is 2.83 bits per heavy atom. The molecule has 6 nitrogen and oxygen atoms in total. The maximum Gasteiger partial charge on any atom is 0.404 e. The van der Waals surface area contributed by atoms with E-state index in [-0.39, 0.29) is 6.61 Å². The molecule has 0 saturated carbocycles. The van der Waals surface area contributed by atoms with Crippen LogP contribution in [0.25, 0.3) is 0 Å². The maximum absolute atomic E-state index is 10.4. The van der Waals surface area contributed by atoms with Gasteiger partial charge < -0.3 is 26.3 Å². The molecule has 18 heavy (non-hydrogen) atoms. The van der Waals surface area contributed by atoms with Gasteiger partial charge >= 0.3 is 6.09 Å². The molecule has 0 spiro atoms. The van der Waals surface area contributed by atoms with E-state index in [1.807, 2.05) is 25.1 Å². The van der Waals surface area contributed by atoms with Gasteiger partial charge in [0.1, 0.15) is 12.4 Å². The van der Waals surface area contributed by atoms with E-state index in [0.717, 1.165) is 12.1 Å². The highest BCUT2D eigenvalue weighted by Crippen LogP contribution is 2.29. The molecule has 6 heteroatoms. The van der Waals surface area contributed by atoms with E-state index in [9.17, 15) is 4.79 Å². The van der Waals surface area contributed by atoms with Crippen molar-refractivity contribution in [1.82, 2.24) is 0 Å². The van der Waals surface area contributed by atoms with Gasteiger partial charge in [-0.1, -0.05) is 13.0 Å². The molecule has 0 aliphatic heterocycles. The first-order chi connectivity index (χ1) is 8.65. The molecule has 1 aromatic rings. The lowest BCUT2D eigenvalue weighted by molar-refractivity contribution is 0.161. The van der Waals surface area contributed by atoms with Crippen LogP contribution in [0.3, 0.4) is 0 Å². The van der Waals surface area contributed by atoms with Gasteiger partial charge in [0.15, 0.2) is 0 Å². The highest BCUT2D eigenvalue weighted by molar-refractivity contribution is 5.73. The van der Waals surface area contributed by atoms with Crippen LogP contribution in [0.5, 0.6) is 5.75 Å². The molecule has 0 aliphatic rings. The lowest BCUT2D eigenvalue weighted by Gasteiger charge is -2.13. The summed E-state index contributed by atoms with van der Waals surface area (Å²) in [6.45, 7) is 3.27. The smallest absolute Gasteiger partial charge is 0.404 e. The van der Waals surface area contributed by atoms with Crippen LogP contribution in [0.4, 0.5) is 16.2 Å². The van der Waals surface area contributed by atoms with E-state index in [1.165, 1.54) is 0 Å². The van der Waals surface area contributed by atoms with Crippen LogP contribution in [-0.2, 0) is 4.74 Å². The quantitative estimate of drug-likeness (QED) is 0.506. The van der Waals surface area contributed by atoms with E-state index >= 15 is 0 Å². The average molecular weight is 253 g/mol. The molecule has 0 radical (unpaired) electrons. The number of hydrogen-bond acceptors (Lipinski definition) is 5. The first-order valence-electron chi connectivity index (χ1n) is 5.82. The summed E-state index contributed by atoms with van der Waals surface area (Å²) in [5.41, 5.74) is 12.1. The predicted octanol–water partition coefficient (Wildman–Crippen LogP) is 1.56. The predicted molar refractivity (Wildman–Crippen MR) is 70.7 cm³/mol. The highest BCUT2D eigenvalue weighted by Gasteiger charge is 2.05. The second-order valence-corrected chi connectivity index (χ2v) is 3.66. The summed E-state index contributed by atoms with van der Waals surface area (Å²) in [7, 11) is 0. The molecule has 0 saturated heterocycles. The van der Waals surface area contributed by atoms with E-state index < -0.39 is 6.09 Å². The molecule has 1 aromatic carbocycles. The Bertz CT molecular complexity index is 396. The van der Waals surface area contributed by atoms with Gasteiger partial charge in [0.2, 0.25) is 0 Å². The number of rotatable bonds is 7. The molecular weight excluding hydrogens is 234 g/mol. The molecule has 0 aliphatic carbocycles. The zero-order valence-electron chi connectivity index (χ0n) is 10.4. The summed E-state index contributed by atoms with van der Waals surface area (Å²) in [6.07, 6.45) is 0.133. The number of anilines is 2. The Hall–Kier alpha value is -2.11. The van der Waals surface area contributed by atoms with Crippen molar-refractivity contribution in [1.29, 1.82) is 0 Å². The second-order valence-electron chi connectivity index (χ2n) is 3.66. The zero-order valence-corrected chi connectivity index (χ0v) is 10.4. The monoisotopic (exact) mass is 253 g/mol. The van der Waals surface area contributed by atoms with Crippen LogP contribution in [0, 0.1) is 0 Å². The summed E-state index contributed by atoms with van der Waals surface area (Å²) in [6, 6.07) is 5.49. The minimum Gasteiger partial charge on any atom is -0.491 e. The van der Waals surface area contributed by atoms with Crippen LogP contribution in [-0.4, -0.2) is 25.9 Å². The van der Waals surface area contributed by atoms with Gasteiger partial charge in [-0.25, -0.2) is 4.79 Å². The number of carbonyl (C=O) groups is 1. The topological polar surface area (TPSA) is 99.6 Å². The zero-order chi connectivity index (χ0) is 13.4. The van der Waals surface area contributed by atoms with Crippen LogP contribution < -0.4 is 21.5 Å². The van der Waals surface area contributed by atoms with Crippen molar-refractivity contribution in [3.8, 4) is 5.75 Å². The van der Waals surface area contributed by atoms with Crippen molar-refractivity contribution in [2.24, 2.45) is 5.73 Å². The van der Waals surface area contributed by atoms with Crippen LogP contribution in [0.2, 0.25) is 0 Å². The molecule has 0 aromatic heterocycles. The molecule has 1 amide bonds. The van der Waals surface area contributed by atoms with Crippen LogP contribution in [0.15, 0.2) is 18.2 Å². The molecule has 0 heterocycles. The van der Waals surface area contributed by atoms with Gasteiger partial charge in [-0.3, -0.25) is 0 Å². The van der Waals surface area contributed by atoms with Crippen molar-refractivity contribution in [3.63, 3.8) is 0 Å². The van der Waals surface area contributed by atoms with Crippen molar-refractivity contribution < 1.29 is 14.3 Å². The number of benzene rings is 1. The summed E-state index contributed by atoms with van der Waals surface area (Å²) in [5, 5.41) is 3.05. The third-order valence-electron chi connectivity index (χ3n) is 2.19. The third-order valence-corrected chi connectivity index (χ3v) is 2.19. The number of ether oxygens (including phenoxy) is 2. The van der Waals surface area contributed by atoms with Gasteiger partial charge in [0, 0.05) is 6.54 Å². The number of nitrogens with two attached hydrogens (primary N) is 2. The van der Waals surface area contributed by atoms with Crippen molar-refractivity contribution >= 4 is 17.5 Å². The van der Waals surface area contributed by atoms with Crippen molar-refractivity contribution in [2.45, 2.75) is 13.3 Å². The Morgan fingerprint density at radius 2 is 2.17 bits per heavy atom. The maximum atomic E-state index is 10.4. The third kappa shape index (κ3) is 4.40. The lowest BCUT2D eigenvalue weighted by atomic mass is 10.2. The minimum absolute atomic E-state index is 0.189. The van der Waals surface area contributed by atoms with Gasteiger partial charge in [0.25, 0.3) is 0 Å². The average Bonchev–Trinajstić information content (AvgIpc) is 2.34. The van der Waals surface area contributed by atoms with Gasteiger partial charge in [0.05, 0.1) is 18.0 Å². The lowest BCUT2D eigenvalue weighted by Crippen LogP contribution is -2.18. The molecule has 5 N–H and O–H groups in total. The molecule has 0 atom stereocenters. The number of amides is 1. The largest absolute Gasteiger partial charge is 0.491 e. The van der Waals surface area contributed by atoms with Gasteiger partial charge in [-0.15, -0.1) is 0 Å². The summed E-state index contributed by atoms with van der Waals surface area (Å²) < 4.78 is 10.1. The van der Waals surface area contributed by atoms with E-state index in [4.69, 9.17) is 16.2 Å². The first kappa shape index (κ1) is 14.0. The molecule has 100 valence electrons. The van der Waals surface area contributed by atoms with E-state index in [2.05, 4.69) is 10.1 Å². The first-order valence-corrected chi connectivity index (χ1v) is 5.82. The fourth-order valence-electron chi connectivity index (χ4n) is 1.37. The highest BCUT2D eigenvalue weighted by atomic mass is 16.5. The second kappa shape index (κ2) is 7.26. The number of para-hydroxylation sites is 1. The number of hydrogen-bond donors (Lipinski definition) is 3. The summed E-state index contributed by atoms with van der Waals surface area (Å²) >= 11 is 0.